The van der Waals surface area contributed by atoms with Crippen molar-refractivity contribution < 1.29 is 9.21 Å². The largest absolute Gasteiger partial charge is 0.463 e. The molecule has 4 aromatic heterocycles. The number of aromatic nitrogens is 3. The molecule has 7 nitrogen and oxygen atoms in total. The quantitative estimate of drug-likeness (QED) is 0.490. The van der Waals surface area contributed by atoms with Gasteiger partial charge in [-0.05, 0) is 61.8 Å². The van der Waals surface area contributed by atoms with E-state index >= 15 is 0 Å². The molecule has 1 amide bonds. The third-order valence-corrected chi connectivity index (χ3v) is 7.49. The van der Waals surface area contributed by atoms with Gasteiger partial charge in [-0.25, -0.2) is 9.97 Å². The fraction of sp³-hybridized carbons (Fsp3) is 0.391. The summed E-state index contributed by atoms with van der Waals surface area (Å²) in [6.45, 7) is 1.59. The normalized spacial score (nSPS) is 16.3. The van der Waals surface area contributed by atoms with E-state index in [1.54, 1.807) is 6.26 Å². The van der Waals surface area contributed by atoms with Crippen molar-refractivity contribution in [2.24, 2.45) is 0 Å². The number of pyridine rings is 1. The zero-order valence-corrected chi connectivity index (χ0v) is 17.9. The topological polar surface area (TPSA) is 81.2 Å². The first-order chi connectivity index (χ1) is 15.2. The molecule has 5 heterocycles. The van der Waals surface area contributed by atoms with E-state index in [0.29, 0.717) is 10.2 Å². The standard InChI is InChI=1S/C23H22N4O3S/c28-17(26-9-2-1-3-10-26)12-27-13-24-20-18-14-6-4-7-15(14)19(16-8-5-11-30-16)25-22(18)31-21(20)23(27)29/h5,8,11,13H,1-4,6-7,9-10,12H2. The van der Waals surface area contributed by atoms with Gasteiger partial charge in [0.1, 0.15) is 21.8 Å². The van der Waals surface area contributed by atoms with Gasteiger partial charge in [0, 0.05) is 18.5 Å². The fourth-order valence-electron chi connectivity index (χ4n) is 4.91. The van der Waals surface area contributed by atoms with Crippen molar-refractivity contribution >= 4 is 37.7 Å². The van der Waals surface area contributed by atoms with Crippen LogP contribution in [0.4, 0.5) is 0 Å². The van der Waals surface area contributed by atoms with E-state index in [1.807, 2.05) is 17.0 Å². The lowest BCUT2D eigenvalue weighted by Gasteiger charge is -2.26. The number of amides is 1. The number of nitrogens with zero attached hydrogens (tertiary/aromatic N) is 4. The molecule has 0 radical (unpaired) electrons. The number of furan rings is 1. The average Bonchev–Trinajstić information content (AvgIpc) is 3.55. The van der Waals surface area contributed by atoms with Crippen LogP contribution in [-0.2, 0) is 24.2 Å². The van der Waals surface area contributed by atoms with Gasteiger partial charge in [-0.1, -0.05) is 0 Å². The first-order valence-electron chi connectivity index (χ1n) is 10.9. The minimum atomic E-state index is -0.162. The molecule has 1 fully saturated rings. The number of carbonyl (C=O) groups excluding carboxylic acids is 1. The molecule has 2 aliphatic rings. The molecule has 0 N–H and O–H groups in total. The van der Waals surface area contributed by atoms with Crippen LogP contribution < -0.4 is 5.56 Å². The van der Waals surface area contributed by atoms with E-state index in [2.05, 4.69) is 4.98 Å². The molecule has 8 heteroatoms. The van der Waals surface area contributed by atoms with E-state index in [4.69, 9.17) is 9.40 Å². The number of thiophene rings is 1. The molecule has 1 aliphatic heterocycles. The fourth-order valence-corrected chi connectivity index (χ4v) is 6.02. The van der Waals surface area contributed by atoms with Gasteiger partial charge in [0.05, 0.1) is 18.1 Å². The number of rotatable bonds is 3. The second-order valence-corrected chi connectivity index (χ2v) is 9.33. The molecule has 0 aromatic carbocycles. The molecule has 158 valence electrons. The lowest BCUT2D eigenvalue weighted by Crippen LogP contribution is -2.39. The number of piperidine rings is 1. The molecule has 1 aliphatic carbocycles. The van der Waals surface area contributed by atoms with Crippen molar-refractivity contribution in [2.75, 3.05) is 13.1 Å². The smallest absolute Gasteiger partial charge is 0.271 e. The Labute approximate surface area is 182 Å². The number of fused-ring (bicyclic) bond motifs is 5. The Morgan fingerprint density at radius 2 is 1.97 bits per heavy atom. The molecule has 0 spiro atoms. The van der Waals surface area contributed by atoms with Gasteiger partial charge in [0.2, 0.25) is 5.91 Å². The van der Waals surface area contributed by atoms with Crippen LogP contribution in [0, 0.1) is 0 Å². The Bertz CT molecular complexity index is 1360. The Balaban J connectivity index is 1.47. The average molecular weight is 435 g/mol. The minimum Gasteiger partial charge on any atom is -0.463 e. The summed E-state index contributed by atoms with van der Waals surface area (Å²) in [5, 5.41) is 0.995. The van der Waals surface area contributed by atoms with E-state index in [0.717, 1.165) is 73.3 Å². The number of aryl methyl sites for hydroxylation is 1. The van der Waals surface area contributed by atoms with Gasteiger partial charge in [-0.3, -0.25) is 14.2 Å². The summed E-state index contributed by atoms with van der Waals surface area (Å²) < 4.78 is 7.65. The van der Waals surface area contributed by atoms with Crippen molar-refractivity contribution in [1.29, 1.82) is 0 Å². The monoisotopic (exact) mass is 434 g/mol. The number of likely N-dealkylation sites (tertiary alicyclic amines) is 1. The Hall–Kier alpha value is -3.00. The maximum Gasteiger partial charge on any atom is 0.271 e. The molecule has 4 aromatic rings. The van der Waals surface area contributed by atoms with Crippen LogP contribution in [0.15, 0.2) is 33.9 Å². The van der Waals surface area contributed by atoms with Crippen LogP contribution >= 0.6 is 11.3 Å². The van der Waals surface area contributed by atoms with E-state index in [1.165, 1.54) is 33.4 Å². The summed E-state index contributed by atoms with van der Waals surface area (Å²) in [4.78, 5) is 38.1. The molecule has 1 saturated heterocycles. The van der Waals surface area contributed by atoms with E-state index in [9.17, 15) is 9.59 Å². The predicted octanol–water partition coefficient (Wildman–Crippen LogP) is 3.77. The molecule has 0 atom stereocenters. The van der Waals surface area contributed by atoms with Crippen molar-refractivity contribution in [2.45, 2.75) is 45.1 Å². The van der Waals surface area contributed by atoms with Crippen LogP contribution in [0.25, 0.3) is 31.9 Å². The van der Waals surface area contributed by atoms with Crippen molar-refractivity contribution in [3.05, 3.63) is 46.2 Å². The minimum absolute atomic E-state index is 0.0109. The highest BCUT2D eigenvalue weighted by Crippen LogP contribution is 2.41. The van der Waals surface area contributed by atoms with Gasteiger partial charge >= 0.3 is 0 Å². The van der Waals surface area contributed by atoms with Gasteiger partial charge in [0.15, 0.2) is 5.76 Å². The lowest BCUT2D eigenvalue weighted by molar-refractivity contribution is -0.132. The van der Waals surface area contributed by atoms with Crippen LogP contribution in [0.3, 0.4) is 0 Å². The zero-order chi connectivity index (χ0) is 20.9. The highest BCUT2D eigenvalue weighted by Gasteiger charge is 2.26. The molecular formula is C23H22N4O3S. The maximum atomic E-state index is 13.2. The summed E-state index contributed by atoms with van der Waals surface area (Å²) >= 11 is 1.37. The van der Waals surface area contributed by atoms with Gasteiger partial charge in [-0.15, -0.1) is 11.3 Å². The zero-order valence-electron chi connectivity index (χ0n) is 17.1. The Kier molecular flexibility index (Phi) is 4.41. The first-order valence-corrected chi connectivity index (χ1v) is 11.7. The van der Waals surface area contributed by atoms with Crippen molar-refractivity contribution in [3.63, 3.8) is 0 Å². The molecule has 31 heavy (non-hydrogen) atoms. The van der Waals surface area contributed by atoms with Gasteiger partial charge < -0.3 is 9.32 Å². The van der Waals surface area contributed by atoms with Crippen LogP contribution in [0.5, 0.6) is 0 Å². The highest BCUT2D eigenvalue weighted by atomic mass is 32.1. The third kappa shape index (κ3) is 3.00. The van der Waals surface area contributed by atoms with E-state index < -0.39 is 0 Å². The highest BCUT2D eigenvalue weighted by molar-refractivity contribution is 7.25. The summed E-state index contributed by atoms with van der Waals surface area (Å²) in [5.74, 6) is 0.748. The molecule has 0 bridgehead atoms. The van der Waals surface area contributed by atoms with Gasteiger partial charge in [-0.2, -0.15) is 0 Å². The van der Waals surface area contributed by atoms with Crippen LogP contribution in [-0.4, -0.2) is 38.4 Å². The molecule has 6 rings (SSSR count). The van der Waals surface area contributed by atoms with Crippen molar-refractivity contribution in [1.82, 2.24) is 19.4 Å². The number of carbonyl (C=O) groups is 1. The summed E-state index contributed by atoms with van der Waals surface area (Å²) in [5.41, 5.74) is 3.86. The first kappa shape index (κ1) is 18.7. The molecular weight excluding hydrogens is 412 g/mol. The summed E-state index contributed by atoms with van der Waals surface area (Å²) in [6.07, 6.45) is 9.37. The molecule has 0 saturated carbocycles. The Morgan fingerprint density at radius 3 is 2.77 bits per heavy atom. The van der Waals surface area contributed by atoms with Crippen molar-refractivity contribution in [3.8, 4) is 11.5 Å². The second kappa shape index (κ2) is 7.30. The van der Waals surface area contributed by atoms with E-state index in [-0.39, 0.29) is 18.0 Å². The number of hydrogen-bond donors (Lipinski definition) is 0. The summed E-state index contributed by atoms with van der Waals surface area (Å²) in [6, 6.07) is 3.80. The maximum absolute atomic E-state index is 13.2. The van der Waals surface area contributed by atoms with Gasteiger partial charge in [0.25, 0.3) is 5.56 Å². The summed E-state index contributed by atoms with van der Waals surface area (Å²) in [7, 11) is 0. The Morgan fingerprint density at radius 1 is 1.13 bits per heavy atom. The number of hydrogen-bond acceptors (Lipinski definition) is 6. The molecule has 0 unspecified atom stereocenters. The predicted molar refractivity (Wildman–Crippen MR) is 119 cm³/mol. The SMILES string of the molecule is O=C(Cn1cnc2c(sc3nc(-c4ccco4)c4c(c32)CCC4)c1=O)N1CCCCC1. The second-order valence-electron chi connectivity index (χ2n) is 8.33. The lowest BCUT2D eigenvalue weighted by atomic mass is 10.0. The third-order valence-electron chi connectivity index (χ3n) is 6.43. The van der Waals surface area contributed by atoms with Crippen LogP contribution in [0.1, 0.15) is 36.8 Å². The van der Waals surface area contributed by atoms with Crippen LogP contribution in [0.2, 0.25) is 0 Å².